The first kappa shape index (κ1) is 19.1. The molecule has 2 fully saturated rings. The van der Waals surface area contributed by atoms with E-state index < -0.39 is 0 Å². The molecule has 0 spiro atoms. The fourth-order valence-corrected chi connectivity index (χ4v) is 5.28. The summed E-state index contributed by atoms with van der Waals surface area (Å²) in [6, 6.07) is 7.09. The number of hydrogen-bond acceptors (Lipinski definition) is 5. The van der Waals surface area contributed by atoms with Crippen LogP contribution < -0.4 is 10.2 Å². The number of hydrogen-bond donors (Lipinski definition) is 1. The molecule has 2 saturated heterocycles. The van der Waals surface area contributed by atoms with Crippen molar-refractivity contribution in [1.82, 2.24) is 25.0 Å². The molecule has 156 valence electrons. The average molecular weight is 395 g/mol. The first-order valence-corrected chi connectivity index (χ1v) is 11.5. The fraction of sp³-hybridized carbons (Fsp3) is 0.652. The van der Waals surface area contributed by atoms with Crippen molar-refractivity contribution in [2.24, 2.45) is 0 Å². The zero-order valence-corrected chi connectivity index (χ0v) is 17.7. The molecule has 4 heterocycles. The molecule has 6 heteroatoms. The van der Waals surface area contributed by atoms with E-state index in [9.17, 15) is 0 Å². The predicted octanol–water partition coefficient (Wildman–Crippen LogP) is 2.71. The molecule has 0 amide bonds. The van der Waals surface area contributed by atoms with Crippen molar-refractivity contribution >= 4 is 5.69 Å². The van der Waals surface area contributed by atoms with E-state index in [1.165, 1.54) is 68.0 Å². The maximum atomic E-state index is 4.63. The molecule has 0 bridgehead atoms. The van der Waals surface area contributed by atoms with Gasteiger partial charge in [-0.25, -0.2) is 0 Å². The Morgan fingerprint density at radius 3 is 2.79 bits per heavy atom. The van der Waals surface area contributed by atoms with Crippen LogP contribution in [0.3, 0.4) is 0 Å². The first-order chi connectivity index (χ1) is 14.3. The second-order valence-corrected chi connectivity index (χ2v) is 9.01. The molecule has 3 aliphatic heterocycles. The predicted molar refractivity (Wildman–Crippen MR) is 116 cm³/mol. The highest BCUT2D eigenvalue weighted by molar-refractivity contribution is 5.51. The van der Waals surface area contributed by atoms with Crippen LogP contribution in [0.15, 0.2) is 18.2 Å². The second kappa shape index (κ2) is 8.44. The standard InChI is InChI=1S/C23H34N6/c1-18-15-21(28-12-2-3-13-28)7-6-19(18)16-27-11-4-5-20(17-27)23-26-25-22-8-9-24-10-14-29(22)23/h6-7,15,20,24H,2-5,8-14,16-17H2,1H3. The summed E-state index contributed by atoms with van der Waals surface area (Å²) in [5, 5.41) is 12.6. The third kappa shape index (κ3) is 4.05. The highest BCUT2D eigenvalue weighted by Crippen LogP contribution is 2.29. The summed E-state index contributed by atoms with van der Waals surface area (Å²) in [4.78, 5) is 5.15. The van der Waals surface area contributed by atoms with Gasteiger partial charge in [-0.1, -0.05) is 6.07 Å². The number of anilines is 1. The van der Waals surface area contributed by atoms with Crippen molar-refractivity contribution in [3.63, 3.8) is 0 Å². The van der Waals surface area contributed by atoms with Crippen LogP contribution in [-0.2, 0) is 19.5 Å². The second-order valence-electron chi connectivity index (χ2n) is 9.01. The SMILES string of the molecule is Cc1cc(N2CCCC2)ccc1CN1CCCC(c2nnc3n2CCNCC3)C1. The monoisotopic (exact) mass is 394 g/mol. The quantitative estimate of drug-likeness (QED) is 0.864. The molecular formula is C23H34N6. The molecule has 3 aliphatic rings. The summed E-state index contributed by atoms with van der Waals surface area (Å²) in [7, 11) is 0. The van der Waals surface area contributed by atoms with Gasteiger partial charge in [0.15, 0.2) is 0 Å². The number of nitrogens with zero attached hydrogens (tertiary/aromatic N) is 5. The zero-order valence-electron chi connectivity index (χ0n) is 17.7. The minimum Gasteiger partial charge on any atom is -0.372 e. The van der Waals surface area contributed by atoms with Gasteiger partial charge in [-0.2, -0.15) is 0 Å². The Kier molecular flexibility index (Phi) is 5.55. The summed E-state index contributed by atoms with van der Waals surface area (Å²) in [5.74, 6) is 2.89. The van der Waals surface area contributed by atoms with Gasteiger partial charge in [-0.15, -0.1) is 10.2 Å². The molecule has 0 radical (unpaired) electrons. The lowest BCUT2D eigenvalue weighted by Crippen LogP contribution is -2.35. The number of fused-ring (bicyclic) bond motifs is 1. The largest absolute Gasteiger partial charge is 0.372 e. The molecule has 1 atom stereocenters. The van der Waals surface area contributed by atoms with Gasteiger partial charge < -0.3 is 14.8 Å². The van der Waals surface area contributed by atoms with Gasteiger partial charge in [0.2, 0.25) is 0 Å². The molecule has 1 N–H and O–H groups in total. The van der Waals surface area contributed by atoms with E-state index in [1.807, 2.05) is 0 Å². The van der Waals surface area contributed by atoms with Crippen LogP contribution >= 0.6 is 0 Å². The van der Waals surface area contributed by atoms with E-state index in [2.05, 4.69) is 55.0 Å². The van der Waals surface area contributed by atoms with Gasteiger partial charge in [0.25, 0.3) is 0 Å². The molecule has 0 saturated carbocycles. The van der Waals surface area contributed by atoms with Crippen LogP contribution in [-0.4, -0.2) is 58.9 Å². The maximum Gasteiger partial charge on any atom is 0.137 e. The van der Waals surface area contributed by atoms with Gasteiger partial charge in [0.05, 0.1) is 0 Å². The Bertz CT molecular complexity index is 838. The van der Waals surface area contributed by atoms with Gasteiger partial charge in [0.1, 0.15) is 11.6 Å². The van der Waals surface area contributed by atoms with Gasteiger partial charge >= 0.3 is 0 Å². The Balaban J connectivity index is 1.27. The van der Waals surface area contributed by atoms with E-state index in [0.29, 0.717) is 5.92 Å². The third-order valence-corrected chi connectivity index (χ3v) is 6.96. The number of aryl methyl sites for hydroxylation is 1. The first-order valence-electron chi connectivity index (χ1n) is 11.5. The minimum atomic E-state index is 0.507. The lowest BCUT2D eigenvalue weighted by atomic mass is 9.96. The number of likely N-dealkylation sites (tertiary alicyclic amines) is 1. The summed E-state index contributed by atoms with van der Waals surface area (Å²) < 4.78 is 2.39. The van der Waals surface area contributed by atoms with Crippen LogP contribution in [0.2, 0.25) is 0 Å². The molecule has 29 heavy (non-hydrogen) atoms. The Morgan fingerprint density at radius 1 is 1.03 bits per heavy atom. The molecule has 1 unspecified atom stereocenters. The molecule has 6 nitrogen and oxygen atoms in total. The number of benzene rings is 1. The lowest BCUT2D eigenvalue weighted by Gasteiger charge is -2.33. The van der Waals surface area contributed by atoms with Crippen LogP contribution in [0.4, 0.5) is 5.69 Å². The van der Waals surface area contributed by atoms with Gasteiger partial charge in [-0.05, 0) is 62.4 Å². The molecule has 0 aliphatic carbocycles. The van der Waals surface area contributed by atoms with Crippen LogP contribution in [0.25, 0.3) is 0 Å². The number of aromatic nitrogens is 3. The topological polar surface area (TPSA) is 49.2 Å². The zero-order chi connectivity index (χ0) is 19.6. The summed E-state index contributed by atoms with van der Waals surface area (Å²) in [6.07, 6.45) is 6.13. The van der Waals surface area contributed by atoms with E-state index in [-0.39, 0.29) is 0 Å². The van der Waals surface area contributed by atoms with Crippen LogP contribution in [0.1, 0.15) is 54.4 Å². The molecule has 1 aromatic heterocycles. The van der Waals surface area contributed by atoms with Gasteiger partial charge in [0, 0.05) is 63.8 Å². The number of piperidine rings is 1. The summed E-state index contributed by atoms with van der Waals surface area (Å²) in [5.41, 5.74) is 4.30. The Morgan fingerprint density at radius 2 is 1.93 bits per heavy atom. The average Bonchev–Trinajstić information content (AvgIpc) is 3.35. The summed E-state index contributed by atoms with van der Waals surface area (Å²) >= 11 is 0. The number of nitrogens with one attached hydrogen (secondary N) is 1. The normalized spacial score (nSPS) is 23.2. The van der Waals surface area contributed by atoms with Crippen molar-refractivity contribution < 1.29 is 0 Å². The third-order valence-electron chi connectivity index (χ3n) is 6.96. The molecule has 5 rings (SSSR count). The Hall–Kier alpha value is -1.92. The van der Waals surface area contributed by atoms with Crippen LogP contribution in [0, 0.1) is 6.92 Å². The number of rotatable bonds is 4. The van der Waals surface area contributed by atoms with Crippen LogP contribution in [0.5, 0.6) is 0 Å². The smallest absolute Gasteiger partial charge is 0.137 e. The van der Waals surface area contributed by atoms with Crippen molar-refractivity contribution in [3.05, 3.63) is 41.0 Å². The van der Waals surface area contributed by atoms with E-state index >= 15 is 0 Å². The van der Waals surface area contributed by atoms with Crippen molar-refractivity contribution in [3.8, 4) is 0 Å². The lowest BCUT2D eigenvalue weighted by molar-refractivity contribution is 0.194. The minimum absolute atomic E-state index is 0.507. The molecule has 1 aromatic carbocycles. The van der Waals surface area contributed by atoms with E-state index in [4.69, 9.17) is 0 Å². The van der Waals surface area contributed by atoms with E-state index in [1.54, 1.807) is 0 Å². The highest BCUT2D eigenvalue weighted by atomic mass is 15.3. The molecular weight excluding hydrogens is 360 g/mol. The van der Waals surface area contributed by atoms with E-state index in [0.717, 1.165) is 45.0 Å². The highest BCUT2D eigenvalue weighted by Gasteiger charge is 2.27. The van der Waals surface area contributed by atoms with Crippen molar-refractivity contribution in [1.29, 1.82) is 0 Å². The molecule has 2 aromatic rings. The van der Waals surface area contributed by atoms with Crippen molar-refractivity contribution in [2.45, 2.75) is 58.0 Å². The van der Waals surface area contributed by atoms with Crippen molar-refractivity contribution in [2.75, 3.05) is 44.2 Å². The Labute approximate surface area is 174 Å². The summed E-state index contributed by atoms with van der Waals surface area (Å²) in [6.45, 7) is 11.1. The van der Waals surface area contributed by atoms with Gasteiger partial charge in [-0.3, -0.25) is 4.90 Å². The fourth-order valence-electron chi connectivity index (χ4n) is 5.28. The maximum absolute atomic E-state index is 4.63.